The van der Waals surface area contributed by atoms with Gasteiger partial charge in [-0.25, -0.2) is 0 Å². The molecule has 1 unspecified atom stereocenters. The molecule has 0 saturated heterocycles. The van der Waals surface area contributed by atoms with Gasteiger partial charge in [-0.05, 0) is 19.1 Å². The van der Waals surface area contributed by atoms with Crippen molar-refractivity contribution >= 4 is 24.4 Å². The van der Waals surface area contributed by atoms with E-state index in [9.17, 15) is 0 Å². The van der Waals surface area contributed by atoms with E-state index in [1.807, 2.05) is 11.8 Å². The highest BCUT2D eigenvalue weighted by molar-refractivity contribution is 8.10. The third-order valence-corrected chi connectivity index (χ3v) is 3.00. The average Bonchev–Trinajstić information content (AvgIpc) is 1.96. The highest BCUT2D eigenvalue weighted by Gasteiger charge is 1.94. The van der Waals surface area contributed by atoms with Crippen LogP contribution in [-0.4, -0.2) is 10.3 Å². The van der Waals surface area contributed by atoms with Crippen LogP contribution in [0.25, 0.3) is 0 Å². The molecule has 0 nitrogen and oxygen atoms in total. The quantitative estimate of drug-likeness (QED) is 0.543. The maximum Gasteiger partial charge on any atom is 0.0578 e. The van der Waals surface area contributed by atoms with Crippen molar-refractivity contribution in [1.82, 2.24) is 0 Å². The minimum Gasteiger partial charge on any atom is -0.147 e. The van der Waals surface area contributed by atoms with Gasteiger partial charge in [0, 0.05) is 0 Å². The first-order valence-electron chi connectivity index (χ1n) is 4.54. The van der Waals surface area contributed by atoms with Gasteiger partial charge in [-0.3, -0.25) is 0 Å². The predicted molar refractivity (Wildman–Crippen MR) is 58.3 cm³/mol. The third-order valence-electron chi connectivity index (χ3n) is 1.60. The van der Waals surface area contributed by atoms with Crippen LogP contribution >= 0.6 is 24.4 Å². The molecule has 1 atom stereocenters. The summed E-state index contributed by atoms with van der Waals surface area (Å²) in [6, 6.07) is 0. The van der Waals surface area contributed by atoms with Crippen molar-refractivity contribution in [1.29, 1.82) is 0 Å². The Bertz CT molecular complexity index is 72.0. The summed E-state index contributed by atoms with van der Waals surface area (Å²) in [4.78, 5) is 0. The number of hydrogen-bond donors (Lipinski definition) is 0. The van der Waals surface area contributed by atoms with Gasteiger partial charge in [0.25, 0.3) is 0 Å². The highest BCUT2D eigenvalue weighted by Crippen LogP contribution is 2.16. The molecule has 67 valence electrons. The van der Waals surface area contributed by atoms with Gasteiger partial charge in [0.05, 0.1) is 4.58 Å². The highest BCUT2D eigenvalue weighted by atomic mass is 32.2. The van der Waals surface area contributed by atoms with Crippen LogP contribution in [0.2, 0.25) is 0 Å². The van der Waals surface area contributed by atoms with Crippen LogP contribution in [-0.2, 0) is 0 Å². The molecule has 0 spiro atoms. The Labute approximate surface area is 80.9 Å². The summed E-state index contributed by atoms with van der Waals surface area (Å²) in [5, 5.41) is 0. The standard InChI is InChI=1S/C9H19S2/c1-3-4-5-6-7-8-11-9(2)10/h9H,3-8H2,1-2H3. The number of thioether (sulfide) groups is 1. The molecular formula is C9H19S2. The normalized spacial score (nSPS) is 13.4. The second-order valence-electron chi connectivity index (χ2n) is 2.85. The van der Waals surface area contributed by atoms with Crippen molar-refractivity contribution in [2.75, 3.05) is 5.75 Å². The fourth-order valence-corrected chi connectivity index (χ4v) is 1.95. The molecular weight excluding hydrogens is 172 g/mol. The van der Waals surface area contributed by atoms with Crippen LogP contribution in [0, 0.1) is 0 Å². The Morgan fingerprint density at radius 1 is 1.18 bits per heavy atom. The van der Waals surface area contributed by atoms with Gasteiger partial charge >= 0.3 is 0 Å². The Morgan fingerprint density at radius 3 is 2.36 bits per heavy atom. The van der Waals surface area contributed by atoms with Crippen LogP contribution < -0.4 is 0 Å². The molecule has 0 saturated carbocycles. The van der Waals surface area contributed by atoms with Crippen molar-refractivity contribution in [3.05, 3.63) is 0 Å². The van der Waals surface area contributed by atoms with Crippen molar-refractivity contribution in [2.24, 2.45) is 0 Å². The van der Waals surface area contributed by atoms with Gasteiger partial charge in [-0.1, -0.05) is 45.2 Å². The Balaban J connectivity index is 2.80. The van der Waals surface area contributed by atoms with Gasteiger partial charge < -0.3 is 0 Å². The predicted octanol–water partition coefficient (Wildman–Crippen LogP) is 4.23. The molecule has 0 heterocycles. The number of hydrogen-bond acceptors (Lipinski definition) is 1. The number of unbranched alkanes of at least 4 members (excludes halogenated alkanes) is 4. The van der Waals surface area contributed by atoms with Crippen LogP contribution in [0.5, 0.6) is 0 Å². The molecule has 0 aromatic carbocycles. The van der Waals surface area contributed by atoms with Gasteiger partial charge in [0.15, 0.2) is 0 Å². The zero-order chi connectivity index (χ0) is 8.53. The van der Waals surface area contributed by atoms with E-state index in [4.69, 9.17) is 12.6 Å². The third kappa shape index (κ3) is 10.7. The zero-order valence-electron chi connectivity index (χ0n) is 7.64. The molecule has 11 heavy (non-hydrogen) atoms. The first-order chi connectivity index (χ1) is 5.27. The van der Waals surface area contributed by atoms with E-state index in [0.717, 1.165) is 0 Å². The molecule has 0 aliphatic rings. The van der Waals surface area contributed by atoms with E-state index in [2.05, 4.69) is 13.8 Å². The lowest BCUT2D eigenvalue weighted by Crippen LogP contribution is -1.87. The van der Waals surface area contributed by atoms with Gasteiger partial charge in [-0.2, -0.15) is 0 Å². The average molecular weight is 191 g/mol. The Morgan fingerprint density at radius 2 is 1.82 bits per heavy atom. The van der Waals surface area contributed by atoms with E-state index in [-0.39, 0.29) is 0 Å². The largest absolute Gasteiger partial charge is 0.147 e. The molecule has 0 aliphatic heterocycles. The Kier molecular flexibility index (Phi) is 9.35. The zero-order valence-corrected chi connectivity index (χ0v) is 9.27. The minimum atomic E-state index is 0.404. The SMILES string of the molecule is CCCCCCCSC(C)[S]. The van der Waals surface area contributed by atoms with E-state index in [1.165, 1.54) is 37.9 Å². The molecule has 0 bridgehead atoms. The second-order valence-corrected chi connectivity index (χ2v) is 5.31. The van der Waals surface area contributed by atoms with E-state index < -0.39 is 0 Å². The summed E-state index contributed by atoms with van der Waals surface area (Å²) in [5.41, 5.74) is 0. The van der Waals surface area contributed by atoms with Crippen molar-refractivity contribution in [3.8, 4) is 0 Å². The molecule has 0 fully saturated rings. The second kappa shape index (κ2) is 8.79. The molecule has 0 aromatic rings. The summed E-state index contributed by atoms with van der Waals surface area (Å²) >= 11 is 6.95. The van der Waals surface area contributed by atoms with Gasteiger partial charge in [0.1, 0.15) is 0 Å². The minimum absolute atomic E-state index is 0.404. The topological polar surface area (TPSA) is 0 Å². The summed E-state index contributed by atoms with van der Waals surface area (Å²) in [6.45, 7) is 4.34. The molecule has 0 aliphatic carbocycles. The first kappa shape index (κ1) is 11.7. The molecule has 0 rings (SSSR count). The molecule has 0 N–H and O–H groups in total. The summed E-state index contributed by atoms with van der Waals surface area (Å²) in [5.74, 6) is 1.26. The lowest BCUT2D eigenvalue weighted by atomic mass is 10.2. The maximum absolute atomic E-state index is 5.04. The fraction of sp³-hybridized carbons (Fsp3) is 1.00. The van der Waals surface area contributed by atoms with Crippen LogP contribution in [0.4, 0.5) is 0 Å². The molecule has 1 radical (unpaired) electrons. The Hall–Kier alpha value is 0.700. The van der Waals surface area contributed by atoms with Crippen molar-refractivity contribution in [2.45, 2.75) is 50.5 Å². The molecule has 0 aromatic heterocycles. The van der Waals surface area contributed by atoms with Crippen LogP contribution in [0.15, 0.2) is 0 Å². The van der Waals surface area contributed by atoms with E-state index >= 15 is 0 Å². The summed E-state index contributed by atoms with van der Waals surface area (Å²) in [7, 11) is 0. The van der Waals surface area contributed by atoms with Gasteiger partial charge in [-0.15, -0.1) is 11.8 Å². The summed E-state index contributed by atoms with van der Waals surface area (Å²) < 4.78 is 0.404. The van der Waals surface area contributed by atoms with E-state index in [0.29, 0.717) is 4.58 Å². The number of rotatable bonds is 7. The van der Waals surface area contributed by atoms with Crippen LogP contribution in [0.1, 0.15) is 46.0 Å². The van der Waals surface area contributed by atoms with E-state index in [1.54, 1.807) is 0 Å². The van der Waals surface area contributed by atoms with Crippen LogP contribution in [0.3, 0.4) is 0 Å². The monoisotopic (exact) mass is 191 g/mol. The smallest absolute Gasteiger partial charge is 0.0578 e. The summed E-state index contributed by atoms with van der Waals surface area (Å²) in [6.07, 6.45) is 6.89. The molecule has 2 heteroatoms. The lowest BCUT2D eigenvalue weighted by molar-refractivity contribution is 0.659. The van der Waals surface area contributed by atoms with Gasteiger partial charge in [0.2, 0.25) is 0 Å². The lowest BCUT2D eigenvalue weighted by Gasteiger charge is -2.02. The fourth-order valence-electron chi connectivity index (χ4n) is 0.955. The molecule has 0 amide bonds. The maximum atomic E-state index is 5.04. The first-order valence-corrected chi connectivity index (χ1v) is 6.06. The van der Waals surface area contributed by atoms with Crippen molar-refractivity contribution in [3.63, 3.8) is 0 Å². The van der Waals surface area contributed by atoms with Crippen molar-refractivity contribution < 1.29 is 0 Å².